The molecule has 0 aromatic heterocycles. The molecule has 2 saturated heterocycles. The second-order valence-corrected chi connectivity index (χ2v) is 6.29. The van der Waals surface area contributed by atoms with E-state index in [2.05, 4.69) is 28.9 Å². The zero-order valence-electron chi connectivity index (χ0n) is 13.5. The van der Waals surface area contributed by atoms with Gasteiger partial charge >= 0.3 is 0 Å². The smallest absolute Gasteiger partial charge is 0.233 e. The summed E-state index contributed by atoms with van der Waals surface area (Å²) in [6, 6.07) is 10.3. The molecule has 1 aromatic rings. The first-order valence-electron chi connectivity index (χ1n) is 8.41. The van der Waals surface area contributed by atoms with E-state index in [9.17, 15) is 4.79 Å². The van der Waals surface area contributed by atoms with Crippen molar-refractivity contribution in [2.24, 2.45) is 0 Å². The van der Waals surface area contributed by atoms with Gasteiger partial charge in [-0.15, -0.1) is 0 Å². The number of hydrogen-bond donors (Lipinski definition) is 0. The molecule has 4 heteroatoms. The Morgan fingerprint density at radius 2 is 1.73 bits per heavy atom. The molecular formula is C18H26N2O2. The van der Waals surface area contributed by atoms with Crippen LogP contribution in [-0.2, 0) is 14.9 Å². The quantitative estimate of drug-likeness (QED) is 0.855. The minimum atomic E-state index is -0.381. The molecule has 120 valence electrons. The highest BCUT2D eigenvalue weighted by molar-refractivity contribution is 5.88. The largest absolute Gasteiger partial charge is 0.381 e. The van der Waals surface area contributed by atoms with Crippen LogP contribution in [0.15, 0.2) is 30.3 Å². The van der Waals surface area contributed by atoms with Gasteiger partial charge in [-0.05, 0) is 24.9 Å². The van der Waals surface area contributed by atoms with Crippen LogP contribution in [0.1, 0.15) is 25.3 Å². The molecule has 3 rings (SSSR count). The predicted octanol–water partition coefficient (Wildman–Crippen LogP) is 1.90. The first-order chi connectivity index (χ1) is 10.8. The Kier molecular flexibility index (Phi) is 4.79. The average Bonchev–Trinajstić information content (AvgIpc) is 2.62. The van der Waals surface area contributed by atoms with Gasteiger partial charge in [-0.1, -0.05) is 37.3 Å². The van der Waals surface area contributed by atoms with E-state index in [0.717, 1.165) is 51.1 Å². The molecule has 0 aliphatic carbocycles. The maximum atomic E-state index is 13.3. The summed E-state index contributed by atoms with van der Waals surface area (Å²) in [5.41, 5.74) is 0.773. The molecule has 2 heterocycles. The van der Waals surface area contributed by atoms with Gasteiger partial charge in [0.2, 0.25) is 5.91 Å². The molecular weight excluding hydrogens is 276 g/mol. The van der Waals surface area contributed by atoms with E-state index in [1.54, 1.807) is 0 Å². The van der Waals surface area contributed by atoms with Crippen LogP contribution in [0.2, 0.25) is 0 Å². The fourth-order valence-corrected chi connectivity index (χ4v) is 3.67. The molecule has 0 saturated carbocycles. The van der Waals surface area contributed by atoms with Gasteiger partial charge in [-0.25, -0.2) is 0 Å². The van der Waals surface area contributed by atoms with Crippen molar-refractivity contribution in [3.63, 3.8) is 0 Å². The molecule has 0 radical (unpaired) electrons. The second-order valence-electron chi connectivity index (χ2n) is 6.29. The van der Waals surface area contributed by atoms with Crippen molar-refractivity contribution in [3.05, 3.63) is 35.9 Å². The number of piperazine rings is 1. The third-order valence-corrected chi connectivity index (χ3v) is 5.19. The summed E-state index contributed by atoms with van der Waals surface area (Å²) in [7, 11) is 0. The first kappa shape index (κ1) is 15.5. The van der Waals surface area contributed by atoms with Crippen LogP contribution >= 0.6 is 0 Å². The Morgan fingerprint density at radius 3 is 2.32 bits per heavy atom. The molecule has 1 aromatic carbocycles. The van der Waals surface area contributed by atoms with E-state index in [4.69, 9.17) is 4.74 Å². The summed E-state index contributed by atoms with van der Waals surface area (Å²) in [4.78, 5) is 17.8. The standard InChI is InChI=1S/C18H26N2O2/c1-2-19-10-12-20(13-11-19)17(21)18(8-14-22-15-9-18)16-6-4-3-5-7-16/h3-7H,2,8-15H2,1H3. The second kappa shape index (κ2) is 6.80. The van der Waals surface area contributed by atoms with E-state index in [1.165, 1.54) is 0 Å². The molecule has 1 amide bonds. The van der Waals surface area contributed by atoms with Gasteiger partial charge in [-0.2, -0.15) is 0 Å². The number of rotatable bonds is 3. The number of carbonyl (C=O) groups excluding carboxylic acids is 1. The van der Waals surface area contributed by atoms with Crippen molar-refractivity contribution in [2.75, 3.05) is 45.9 Å². The van der Waals surface area contributed by atoms with Crippen LogP contribution in [0, 0.1) is 0 Å². The molecule has 0 bridgehead atoms. The van der Waals surface area contributed by atoms with E-state index >= 15 is 0 Å². The topological polar surface area (TPSA) is 32.8 Å². The van der Waals surface area contributed by atoms with Crippen molar-refractivity contribution < 1.29 is 9.53 Å². The minimum Gasteiger partial charge on any atom is -0.381 e. The number of hydrogen-bond acceptors (Lipinski definition) is 3. The van der Waals surface area contributed by atoms with Gasteiger partial charge in [0.1, 0.15) is 0 Å². The number of carbonyl (C=O) groups is 1. The molecule has 0 spiro atoms. The van der Waals surface area contributed by atoms with Gasteiger partial charge in [0.15, 0.2) is 0 Å². The molecule has 0 atom stereocenters. The number of likely N-dealkylation sites (N-methyl/N-ethyl adjacent to an activating group) is 1. The Labute approximate surface area is 133 Å². The fraction of sp³-hybridized carbons (Fsp3) is 0.611. The molecule has 2 fully saturated rings. The van der Waals surface area contributed by atoms with Crippen LogP contribution in [0.5, 0.6) is 0 Å². The van der Waals surface area contributed by atoms with Gasteiger partial charge in [0, 0.05) is 39.4 Å². The van der Waals surface area contributed by atoms with Crippen LogP contribution in [0.3, 0.4) is 0 Å². The van der Waals surface area contributed by atoms with Crippen LogP contribution in [0.4, 0.5) is 0 Å². The summed E-state index contributed by atoms with van der Waals surface area (Å²) in [5.74, 6) is 0.303. The van der Waals surface area contributed by atoms with Crippen molar-refractivity contribution in [1.82, 2.24) is 9.80 Å². The Bertz CT molecular complexity index is 489. The Morgan fingerprint density at radius 1 is 1.09 bits per heavy atom. The molecule has 2 aliphatic rings. The lowest BCUT2D eigenvalue weighted by Crippen LogP contribution is -2.55. The number of nitrogens with zero attached hydrogens (tertiary/aromatic N) is 2. The third-order valence-electron chi connectivity index (χ3n) is 5.19. The highest BCUT2D eigenvalue weighted by Crippen LogP contribution is 2.37. The number of ether oxygens (including phenoxy) is 1. The third kappa shape index (κ3) is 2.90. The first-order valence-corrected chi connectivity index (χ1v) is 8.41. The molecule has 2 aliphatic heterocycles. The summed E-state index contributed by atoms with van der Waals surface area (Å²) in [6.07, 6.45) is 1.59. The zero-order chi connectivity index (χ0) is 15.4. The van der Waals surface area contributed by atoms with Gasteiger partial charge in [0.05, 0.1) is 5.41 Å². The van der Waals surface area contributed by atoms with Gasteiger partial charge < -0.3 is 14.5 Å². The SMILES string of the molecule is CCN1CCN(C(=O)C2(c3ccccc3)CCOCC2)CC1. The van der Waals surface area contributed by atoms with Crippen molar-refractivity contribution in [2.45, 2.75) is 25.2 Å². The van der Waals surface area contributed by atoms with Crippen molar-refractivity contribution in [3.8, 4) is 0 Å². The maximum absolute atomic E-state index is 13.3. The van der Waals surface area contributed by atoms with E-state index in [0.29, 0.717) is 19.1 Å². The molecule has 0 unspecified atom stereocenters. The van der Waals surface area contributed by atoms with E-state index < -0.39 is 0 Å². The maximum Gasteiger partial charge on any atom is 0.233 e. The van der Waals surface area contributed by atoms with E-state index in [1.807, 2.05) is 18.2 Å². The highest BCUT2D eigenvalue weighted by Gasteiger charge is 2.44. The predicted molar refractivity (Wildman–Crippen MR) is 86.9 cm³/mol. The van der Waals surface area contributed by atoms with Crippen molar-refractivity contribution >= 4 is 5.91 Å². The fourth-order valence-electron chi connectivity index (χ4n) is 3.67. The summed E-state index contributed by atoms with van der Waals surface area (Å²) < 4.78 is 5.54. The van der Waals surface area contributed by atoms with Crippen LogP contribution < -0.4 is 0 Å². The lowest BCUT2D eigenvalue weighted by atomic mass is 9.73. The summed E-state index contributed by atoms with van der Waals surface area (Å²) in [6.45, 7) is 8.28. The Hall–Kier alpha value is -1.39. The molecule has 0 N–H and O–H groups in total. The van der Waals surface area contributed by atoms with Crippen LogP contribution in [0.25, 0.3) is 0 Å². The lowest BCUT2D eigenvalue weighted by molar-refractivity contribution is -0.143. The average molecular weight is 302 g/mol. The minimum absolute atomic E-state index is 0.303. The molecule has 22 heavy (non-hydrogen) atoms. The van der Waals surface area contributed by atoms with E-state index in [-0.39, 0.29) is 5.41 Å². The van der Waals surface area contributed by atoms with Gasteiger partial charge in [0.25, 0.3) is 0 Å². The molecule has 4 nitrogen and oxygen atoms in total. The zero-order valence-corrected chi connectivity index (χ0v) is 13.5. The Balaban J connectivity index is 1.82. The van der Waals surface area contributed by atoms with Gasteiger partial charge in [-0.3, -0.25) is 4.79 Å². The monoisotopic (exact) mass is 302 g/mol. The lowest BCUT2D eigenvalue weighted by Gasteiger charge is -2.43. The number of benzene rings is 1. The highest BCUT2D eigenvalue weighted by atomic mass is 16.5. The van der Waals surface area contributed by atoms with Crippen molar-refractivity contribution in [1.29, 1.82) is 0 Å². The summed E-state index contributed by atoms with van der Waals surface area (Å²) in [5, 5.41) is 0. The number of amides is 1. The normalized spacial score (nSPS) is 22.5. The van der Waals surface area contributed by atoms with Crippen LogP contribution in [-0.4, -0.2) is 61.6 Å². The summed E-state index contributed by atoms with van der Waals surface area (Å²) >= 11 is 0.